The highest BCUT2D eigenvalue weighted by molar-refractivity contribution is 6.04. The van der Waals surface area contributed by atoms with E-state index in [9.17, 15) is 4.79 Å². The highest BCUT2D eigenvalue weighted by Gasteiger charge is 2.32. The summed E-state index contributed by atoms with van der Waals surface area (Å²) >= 11 is 0. The molecule has 0 spiro atoms. The van der Waals surface area contributed by atoms with Gasteiger partial charge in [0.05, 0.1) is 5.54 Å². The Morgan fingerprint density at radius 1 is 0.825 bits per heavy atom. The summed E-state index contributed by atoms with van der Waals surface area (Å²) in [6, 6.07) is 21.4. The molecule has 2 aliphatic heterocycles. The zero-order valence-electron chi connectivity index (χ0n) is 23.9. The zero-order valence-corrected chi connectivity index (χ0v) is 23.9. The Bertz CT molecular complexity index is 1220. The Kier molecular flexibility index (Phi) is 8.69. The number of piperidine rings is 2. The Hall–Kier alpha value is -3.85. The van der Waals surface area contributed by atoms with Gasteiger partial charge in [0.15, 0.2) is 0 Å². The Morgan fingerprint density at radius 3 is 1.65 bits per heavy atom. The molecule has 1 amide bonds. The van der Waals surface area contributed by atoms with E-state index in [1.807, 2.05) is 13.8 Å². The molecule has 2 fully saturated rings. The number of nitrogens with zero attached hydrogens (tertiary/aromatic N) is 4. The first-order valence-corrected chi connectivity index (χ1v) is 14.6. The second-order valence-corrected chi connectivity index (χ2v) is 11.9. The molecule has 208 valence electrons. The number of hydrogen-bond donors (Lipinski definition) is 1. The van der Waals surface area contributed by atoms with E-state index in [1.165, 1.54) is 11.1 Å². The minimum absolute atomic E-state index is 0.202. The van der Waals surface area contributed by atoms with E-state index in [0.29, 0.717) is 17.4 Å². The normalized spacial score (nSPS) is 16.9. The summed E-state index contributed by atoms with van der Waals surface area (Å²) in [5.41, 5.74) is 2.55. The van der Waals surface area contributed by atoms with Crippen LogP contribution in [0.5, 0.6) is 0 Å². The number of carbonyl (C=O) groups excluding carboxylic acids is 1. The van der Waals surface area contributed by atoms with E-state index in [1.54, 1.807) is 6.33 Å². The molecule has 2 aromatic carbocycles. The van der Waals surface area contributed by atoms with Gasteiger partial charge in [-0.1, -0.05) is 66.6 Å². The smallest absolute Gasteiger partial charge is 0.259 e. The summed E-state index contributed by atoms with van der Waals surface area (Å²) < 4.78 is 0. The van der Waals surface area contributed by atoms with Gasteiger partial charge in [0.1, 0.15) is 23.5 Å². The van der Waals surface area contributed by atoms with Crippen LogP contribution < -0.4 is 15.1 Å². The highest BCUT2D eigenvalue weighted by atomic mass is 16.1. The van der Waals surface area contributed by atoms with Crippen LogP contribution in [0.15, 0.2) is 67.0 Å². The number of aromatic nitrogens is 2. The number of amides is 1. The standard InChI is InChI=1S/C34H41N5O/c1-4-34(2,3)37-33(40)30-31(38-19-15-28(16-20-38)23-26-11-7-5-8-12-26)35-25-36-32(30)39-21-17-29(18-22-39)24-27-13-9-6-10-14-27/h1,5-14,25,28-29H,15-24H2,2-3H3,(H,37,40). The lowest BCUT2D eigenvalue weighted by Gasteiger charge is -2.37. The van der Waals surface area contributed by atoms with E-state index in [0.717, 1.165) is 76.3 Å². The monoisotopic (exact) mass is 535 g/mol. The van der Waals surface area contributed by atoms with Crippen LogP contribution in [-0.2, 0) is 12.8 Å². The van der Waals surface area contributed by atoms with Crippen LogP contribution in [0.1, 0.15) is 61.0 Å². The first-order chi connectivity index (χ1) is 19.4. The maximum absolute atomic E-state index is 13.8. The number of hydrogen-bond acceptors (Lipinski definition) is 5. The summed E-state index contributed by atoms with van der Waals surface area (Å²) in [6.07, 6.45) is 13.8. The fourth-order valence-corrected chi connectivity index (χ4v) is 6.03. The van der Waals surface area contributed by atoms with Crippen molar-refractivity contribution >= 4 is 17.5 Å². The summed E-state index contributed by atoms with van der Waals surface area (Å²) in [5, 5.41) is 3.06. The lowest BCUT2D eigenvalue weighted by molar-refractivity contribution is 0.0930. The predicted octanol–water partition coefficient (Wildman–Crippen LogP) is 5.54. The average Bonchev–Trinajstić information content (AvgIpc) is 2.98. The van der Waals surface area contributed by atoms with Gasteiger partial charge in [-0.15, -0.1) is 6.42 Å². The maximum atomic E-state index is 13.8. The summed E-state index contributed by atoms with van der Waals surface area (Å²) in [5.74, 6) is 5.19. The third kappa shape index (κ3) is 6.83. The van der Waals surface area contributed by atoms with Crippen LogP contribution in [-0.4, -0.2) is 47.6 Å². The molecule has 1 aromatic heterocycles. The SMILES string of the molecule is C#CC(C)(C)NC(=O)c1c(N2CCC(Cc3ccccc3)CC2)ncnc1N1CCC(Cc2ccccc2)CC1. The number of nitrogens with one attached hydrogen (secondary N) is 1. The van der Waals surface area contributed by atoms with E-state index >= 15 is 0 Å². The van der Waals surface area contributed by atoms with E-state index in [-0.39, 0.29) is 5.91 Å². The van der Waals surface area contributed by atoms with Crippen molar-refractivity contribution in [2.75, 3.05) is 36.0 Å². The molecule has 0 bridgehead atoms. The van der Waals surface area contributed by atoms with Crippen LogP contribution in [0.2, 0.25) is 0 Å². The molecular weight excluding hydrogens is 494 g/mol. The molecule has 1 N–H and O–H groups in total. The van der Waals surface area contributed by atoms with Gasteiger partial charge >= 0.3 is 0 Å². The summed E-state index contributed by atoms with van der Waals surface area (Å²) in [7, 11) is 0. The molecule has 3 heterocycles. The average molecular weight is 536 g/mol. The van der Waals surface area contributed by atoms with Gasteiger partial charge in [0, 0.05) is 26.2 Å². The maximum Gasteiger partial charge on any atom is 0.259 e. The van der Waals surface area contributed by atoms with Crippen molar-refractivity contribution < 1.29 is 4.79 Å². The van der Waals surface area contributed by atoms with Crippen LogP contribution in [0.3, 0.4) is 0 Å². The van der Waals surface area contributed by atoms with E-state index in [4.69, 9.17) is 16.4 Å². The summed E-state index contributed by atoms with van der Waals surface area (Å²) in [6.45, 7) is 7.16. The molecule has 2 aliphatic rings. The van der Waals surface area contributed by atoms with Crippen LogP contribution in [0.4, 0.5) is 11.6 Å². The molecule has 2 saturated heterocycles. The Morgan fingerprint density at radius 2 is 1.25 bits per heavy atom. The topological polar surface area (TPSA) is 61.4 Å². The van der Waals surface area contributed by atoms with Gasteiger partial charge in [-0.25, -0.2) is 9.97 Å². The molecule has 0 radical (unpaired) electrons. The quantitative estimate of drug-likeness (QED) is 0.384. The van der Waals surface area contributed by atoms with Gasteiger partial charge in [0.25, 0.3) is 5.91 Å². The minimum atomic E-state index is -0.771. The van der Waals surface area contributed by atoms with Gasteiger partial charge in [-0.3, -0.25) is 4.79 Å². The van der Waals surface area contributed by atoms with Crippen molar-refractivity contribution in [1.82, 2.24) is 15.3 Å². The second kappa shape index (κ2) is 12.6. The molecular formula is C34H41N5O. The third-order valence-corrected chi connectivity index (χ3v) is 8.38. The molecule has 6 nitrogen and oxygen atoms in total. The van der Waals surface area contributed by atoms with Crippen molar-refractivity contribution in [2.45, 2.75) is 57.9 Å². The van der Waals surface area contributed by atoms with Crippen LogP contribution in [0.25, 0.3) is 0 Å². The number of benzene rings is 2. The van der Waals surface area contributed by atoms with Crippen LogP contribution in [0, 0.1) is 24.2 Å². The minimum Gasteiger partial charge on any atom is -0.356 e. The van der Waals surface area contributed by atoms with E-state index < -0.39 is 5.54 Å². The molecule has 0 saturated carbocycles. The van der Waals surface area contributed by atoms with E-state index in [2.05, 4.69) is 81.7 Å². The molecule has 3 aromatic rings. The largest absolute Gasteiger partial charge is 0.356 e. The highest BCUT2D eigenvalue weighted by Crippen LogP contribution is 2.33. The number of anilines is 2. The molecule has 6 heteroatoms. The Labute approximate surface area is 239 Å². The number of rotatable bonds is 8. The van der Waals surface area contributed by atoms with Gasteiger partial charge in [-0.05, 0) is 75.3 Å². The third-order valence-electron chi connectivity index (χ3n) is 8.38. The predicted molar refractivity (Wildman–Crippen MR) is 163 cm³/mol. The molecule has 0 atom stereocenters. The van der Waals surface area contributed by atoms with Crippen molar-refractivity contribution in [3.8, 4) is 12.3 Å². The van der Waals surface area contributed by atoms with Crippen molar-refractivity contribution in [2.24, 2.45) is 11.8 Å². The first-order valence-electron chi connectivity index (χ1n) is 14.6. The van der Waals surface area contributed by atoms with Crippen molar-refractivity contribution in [3.05, 3.63) is 83.7 Å². The summed E-state index contributed by atoms with van der Waals surface area (Å²) in [4.78, 5) is 27.7. The van der Waals surface area contributed by atoms with Gasteiger partial charge in [0.2, 0.25) is 0 Å². The fourth-order valence-electron chi connectivity index (χ4n) is 6.03. The lowest BCUT2D eigenvalue weighted by atomic mass is 9.89. The van der Waals surface area contributed by atoms with Gasteiger partial charge in [-0.2, -0.15) is 0 Å². The number of carbonyl (C=O) groups is 1. The molecule has 0 unspecified atom stereocenters. The fraction of sp³-hybridized carbons (Fsp3) is 0.441. The number of terminal acetylenes is 1. The molecule has 0 aliphatic carbocycles. The molecule has 5 rings (SSSR count). The van der Waals surface area contributed by atoms with Crippen molar-refractivity contribution in [1.29, 1.82) is 0 Å². The zero-order chi connectivity index (χ0) is 28.0. The van der Waals surface area contributed by atoms with Crippen molar-refractivity contribution in [3.63, 3.8) is 0 Å². The lowest BCUT2D eigenvalue weighted by Crippen LogP contribution is -2.45. The van der Waals surface area contributed by atoms with Gasteiger partial charge < -0.3 is 15.1 Å². The first kappa shape index (κ1) is 27.7. The Balaban J connectivity index is 1.33. The molecule has 40 heavy (non-hydrogen) atoms. The van der Waals surface area contributed by atoms with Crippen LogP contribution >= 0.6 is 0 Å². The second-order valence-electron chi connectivity index (χ2n) is 11.9.